The first-order valence-electron chi connectivity index (χ1n) is 4.52. The number of carboxylic acids is 1. The Hall–Kier alpha value is -2.02. The first-order valence-corrected chi connectivity index (χ1v) is 4.52. The van der Waals surface area contributed by atoms with Crippen LogP contribution in [0, 0.1) is 12.3 Å². The van der Waals surface area contributed by atoms with E-state index < -0.39 is 5.97 Å². The number of terminal acetylenes is 1. The number of carboxylic acid groups (broad SMARTS) is 1. The Bertz CT molecular complexity index is 396. The van der Waals surface area contributed by atoms with Crippen LogP contribution in [0.1, 0.15) is 23.7 Å². The molecule has 15 heavy (non-hydrogen) atoms. The lowest BCUT2D eigenvalue weighted by Gasteiger charge is -2.13. The summed E-state index contributed by atoms with van der Waals surface area (Å²) in [4.78, 5) is 14.6. The molecule has 0 saturated heterocycles. The normalized spacial score (nSPS) is 11.5. The average Bonchev–Trinajstić information content (AvgIpc) is 2.18. The van der Waals surface area contributed by atoms with Gasteiger partial charge in [0.15, 0.2) is 0 Å². The third kappa shape index (κ3) is 2.99. The summed E-state index contributed by atoms with van der Waals surface area (Å²) in [6.45, 7) is 1.89. The lowest BCUT2D eigenvalue weighted by Crippen LogP contribution is -2.16. The highest BCUT2D eigenvalue weighted by Crippen LogP contribution is 2.15. The molecule has 0 aliphatic carbocycles. The highest BCUT2D eigenvalue weighted by Gasteiger charge is 2.10. The number of aromatic carboxylic acids is 1. The van der Waals surface area contributed by atoms with Gasteiger partial charge >= 0.3 is 5.97 Å². The van der Waals surface area contributed by atoms with Crippen molar-refractivity contribution < 1.29 is 9.90 Å². The standard InChI is InChI=1S/C11H12N2O2/c1-3-4-8(2)13-10-5-6-12-7-9(10)11(14)15/h1,5-8H,4H2,2H3,(H,12,13)(H,14,15). The summed E-state index contributed by atoms with van der Waals surface area (Å²) in [6.07, 6.45) is 8.56. The number of nitrogens with one attached hydrogen (secondary N) is 1. The molecule has 78 valence electrons. The molecule has 1 heterocycles. The van der Waals surface area contributed by atoms with Crippen molar-refractivity contribution in [2.45, 2.75) is 19.4 Å². The Labute approximate surface area is 88.3 Å². The van der Waals surface area contributed by atoms with E-state index in [1.807, 2.05) is 6.92 Å². The maximum absolute atomic E-state index is 10.8. The van der Waals surface area contributed by atoms with E-state index in [0.29, 0.717) is 12.1 Å². The maximum Gasteiger partial charge on any atom is 0.339 e. The fourth-order valence-corrected chi connectivity index (χ4v) is 1.18. The molecule has 0 saturated carbocycles. The van der Waals surface area contributed by atoms with Crippen LogP contribution in [0.5, 0.6) is 0 Å². The molecule has 4 nitrogen and oxygen atoms in total. The van der Waals surface area contributed by atoms with Crippen molar-refractivity contribution in [2.75, 3.05) is 5.32 Å². The number of rotatable bonds is 4. The second-order valence-electron chi connectivity index (χ2n) is 3.18. The highest BCUT2D eigenvalue weighted by atomic mass is 16.4. The molecular weight excluding hydrogens is 192 g/mol. The molecule has 0 amide bonds. The third-order valence-corrected chi connectivity index (χ3v) is 1.88. The minimum absolute atomic E-state index is 0.0375. The lowest BCUT2D eigenvalue weighted by molar-refractivity contribution is 0.0697. The Morgan fingerprint density at radius 3 is 3.13 bits per heavy atom. The lowest BCUT2D eigenvalue weighted by atomic mass is 10.2. The Balaban J connectivity index is 2.85. The molecule has 4 heteroatoms. The van der Waals surface area contributed by atoms with Crippen LogP contribution < -0.4 is 5.32 Å². The summed E-state index contributed by atoms with van der Waals surface area (Å²) < 4.78 is 0. The quantitative estimate of drug-likeness (QED) is 0.731. The summed E-state index contributed by atoms with van der Waals surface area (Å²) in [7, 11) is 0. The summed E-state index contributed by atoms with van der Waals surface area (Å²) >= 11 is 0. The van der Waals surface area contributed by atoms with E-state index in [1.54, 1.807) is 6.07 Å². The van der Waals surface area contributed by atoms with Crippen LogP contribution in [0.25, 0.3) is 0 Å². The van der Waals surface area contributed by atoms with Gasteiger partial charge in [-0.15, -0.1) is 12.3 Å². The molecule has 1 aromatic heterocycles. The van der Waals surface area contributed by atoms with Gasteiger partial charge in [-0.25, -0.2) is 4.79 Å². The van der Waals surface area contributed by atoms with Crippen molar-refractivity contribution >= 4 is 11.7 Å². The SMILES string of the molecule is C#CCC(C)Nc1ccncc1C(=O)O. The van der Waals surface area contributed by atoms with Gasteiger partial charge < -0.3 is 10.4 Å². The molecular formula is C11H12N2O2. The van der Waals surface area contributed by atoms with Gasteiger partial charge in [0.1, 0.15) is 5.56 Å². The van der Waals surface area contributed by atoms with Gasteiger partial charge in [0.25, 0.3) is 0 Å². The topological polar surface area (TPSA) is 62.2 Å². The zero-order chi connectivity index (χ0) is 11.3. The van der Waals surface area contributed by atoms with Gasteiger partial charge in [0.2, 0.25) is 0 Å². The minimum Gasteiger partial charge on any atom is -0.478 e. The highest BCUT2D eigenvalue weighted by molar-refractivity contribution is 5.93. The fourth-order valence-electron chi connectivity index (χ4n) is 1.18. The minimum atomic E-state index is -1.00. The fraction of sp³-hybridized carbons (Fsp3) is 0.273. The van der Waals surface area contributed by atoms with Gasteiger partial charge in [-0.2, -0.15) is 0 Å². The zero-order valence-corrected chi connectivity index (χ0v) is 8.40. The Kier molecular flexibility index (Phi) is 3.69. The van der Waals surface area contributed by atoms with Gasteiger partial charge in [-0.1, -0.05) is 0 Å². The van der Waals surface area contributed by atoms with Crippen molar-refractivity contribution in [3.63, 3.8) is 0 Å². The van der Waals surface area contributed by atoms with E-state index in [4.69, 9.17) is 11.5 Å². The van der Waals surface area contributed by atoms with Crippen molar-refractivity contribution in [3.8, 4) is 12.3 Å². The van der Waals surface area contributed by atoms with E-state index in [-0.39, 0.29) is 11.6 Å². The van der Waals surface area contributed by atoms with Crippen LogP contribution in [0.3, 0.4) is 0 Å². The number of carbonyl (C=O) groups is 1. The summed E-state index contributed by atoms with van der Waals surface area (Å²) in [6, 6.07) is 1.66. The van der Waals surface area contributed by atoms with Crippen LogP contribution >= 0.6 is 0 Å². The summed E-state index contributed by atoms with van der Waals surface area (Å²) in [5.41, 5.74) is 0.696. The Morgan fingerprint density at radius 2 is 2.53 bits per heavy atom. The molecule has 1 atom stereocenters. The number of aromatic nitrogens is 1. The first kappa shape index (κ1) is 11.1. The van der Waals surface area contributed by atoms with Crippen molar-refractivity contribution in [2.24, 2.45) is 0 Å². The zero-order valence-electron chi connectivity index (χ0n) is 8.40. The molecule has 0 radical (unpaired) electrons. The second kappa shape index (κ2) is 5.01. The van der Waals surface area contributed by atoms with Gasteiger partial charge in [-0.05, 0) is 13.0 Å². The number of hydrogen-bond donors (Lipinski definition) is 2. The molecule has 2 N–H and O–H groups in total. The first-order chi connectivity index (χ1) is 7.15. The van der Waals surface area contributed by atoms with Crippen LogP contribution in [-0.2, 0) is 0 Å². The van der Waals surface area contributed by atoms with Crippen LogP contribution in [0.2, 0.25) is 0 Å². The molecule has 0 bridgehead atoms. The van der Waals surface area contributed by atoms with Crippen molar-refractivity contribution in [1.29, 1.82) is 0 Å². The molecule has 1 unspecified atom stereocenters. The van der Waals surface area contributed by atoms with Gasteiger partial charge in [0.05, 0.1) is 5.69 Å². The molecule has 1 rings (SSSR count). The number of hydrogen-bond acceptors (Lipinski definition) is 3. The predicted molar refractivity (Wildman–Crippen MR) is 57.7 cm³/mol. The average molecular weight is 204 g/mol. The van der Waals surface area contributed by atoms with Gasteiger partial charge in [-0.3, -0.25) is 4.98 Å². The monoisotopic (exact) mass is 204 g/mol. The number of nitrogens with zero attached hydrogens (tertiary/aromatic N) is 1. The van der Waals surface area contributed by atoms with E-state index in [9.17, 15) is 4.79 Å². The van der Waals surface area contributed by atoms with E-state index in [2.05, 4.69) is 16.2 Å². The molecule has 0 aliphatic rings. The molecule has 1 aromatic rings. The number of anilines is 1. The molecule has 0 aliphatic heterocycles. The number of pyridine rings is 1. The third-order valence-electron chi connectivity index (χ3n) is 1.88. The maximum atomic E-state index is 10.8. The van der Waals surface area contributed by atoms with Gasteiger partial charge in [0, 0.05) is 24.9 Å². The van der Waals surface area contributed by atoms with E-state index >= 15 is 0 Å². The van der Waals surface area contributed by atoms with Crippen molar-refractivity contribution in [3.05, 3.63) is 24.0 Å². The molecule has 0 aromatic carbocycles. The van der Waals surface area contributed by atoms with Crippen LogP contribution in [0.15, 0.2) is 18.5 Å². The van der Waals surface area contributed by atoms with E-state index in [0.717, 1.165) is 0 Å². The van der Waals surface area contributed by atoms with E-state index in [1.165, 1.54) is 12.4 Å². The Morgan fingerprint density at radius 1 is 1.80 bits per heavy atom. The largest absolute Gasteiger partial charge is 0.478 e. The smallest absolute Gasteiger partial charge is 0.339 e. The van der Waals surface area contributed by atoms with Crippen LogP contribution in [0.4, 0.5) is 5.69 Å². The summed E-state index contributed by atoms with van der Waals surface area (Å²) in [5, 5.41) is 11.9. The van der Waals surface area contributed by atoms with Crippen molar-refractivity contribution in [1.82, 2.24) is 4.98 Å². The van der Waals surface area contributed by atoms with Crippen LogP contribution in [-0.4, -0.2) is 22.1 Å². The molecule has 0 spiro atoms. The predicted octanol–water partition coefficient (Wildman–Crippen LogP) is 1.60. The second-order valence-corrected chi connectivity index (χ2v) is 3.18. The molecule has 0 fully saturated rings. The summed E-state index contributed by atoms with van der Waals surface area (Å²) in [5.74, 6) is 1.51.